The third kappa shape index (κ3) is 3.20. The highest BCUT2D eigenvalue weighted by Gasteiger charge is 2.19. The van der Waals surface area contributed by atoms with E-state index in [1.807, 2.05) is 12.1 Å². The van der Waals surface area contributed by atoms with Crippen LogP contribution in [0.5, 0.6) is 0 Å². The molecule has 1 aliphatic rings. The zero-order valence-electron chi connectivity index (χ0n) is 9.75. The van der Waals surface area contributed by atoms with Gasteiger partial charge >= 0.3 is 0 Å². The molecule has 3 heteroatoms. The topological polar surface area (TPSA) is 15.3 Å². The summed E-state index contributed by atoms with van der Waals surface area (Å²) in [7, 11) is 0. The maximum absolute atomic E-state index is 12.8. The molecule has 0 radical (unpaired) electrons. The number of rotatable bonds is 6. The van der Waals surface area contributed by atoms with E-state index in [1.165, 1.54) is 25.0 Å². The Balaban J connectivity index is 1.84. The Kier molecular flexibility index (Phi) is 3.78. The van der Waals surface area contributed by atoms with Crippen LogP contribution in [0.2, 0.25) is 0 Å². The minimum absolute atomic E-state index is 0.170. The molecule has 1 saturated carbocycles. The zero-order valence-corrected chi connectivity index (χ0v) is 9.75. The number of hydrogen-bond acceptors (Lipinski definition) is 2. The molecule has 1 aromatic rings. The summed E-state index contributed by atoms with van der Waals surface area (Å²) >= 11 is 0. The highest BCUT2D eigenvalue weighted by atomic mass is 19.1. The van der Waals surface area contributed by atoms with Gasteiger partial charge in [0.25, 0.3) is 0 Å². The number of anilines is 1. The van der Waals surface area contributed by atoms with Gasteiger partial charge in [-0.3, -0.25) is 0 Å². The van der Waals surface area contributed by atoms with Gasteiger partial charge in [-0.25, -0.2) is 4.39 Å². The standard InChI is InChI=1S/C13H19FN2/c1-2-16(10-9-15-12-5-6-12)13-7-3-11(14)4-8-13/h3-4,7-8,12,15H,2,5-6,9-10H2,1H3. The molecule has 0 aromatic heterocycles. The lowest BCUT2D eigenvalue weighted by Gasteiger charge is -2.23. The van der Waals surface area contributed by atoms with Gasteiger partial charge in [0.2, 0.25) is 0 Å². The highest BCUT2D eigenvalue weighted by molar-refractivity contribution is 5.46. The fourth-order valence-electron chi connectivity index (χ4n) is 1.81. The van der Waals surface area contributed by atoms with E-state index in [0.29, 0.717) is 0 Å². The highest BCUT2D eigenvalue weighted by Crippen LogP contribution is 2.18. The molecule has 0 atom stereocenters. The molecule has 1 aliphatic carbocycles. The lowest BCUT2D eigenvalue weighted by atomic mass is 10.2. The van der Waals surface area contributed by atoms with Gasteiger partial charge in [-0.2, -0.15) is 0 Å². The van der Waals surface area contributed by atoms with Crippen molar-refractivity contribution in [3.05, 3.63) is 30.1 Å². The van der Waals surface area contributed by atoms with Crippen molar-refractivity contribution >= 4 is 5.69 Å². The third-order valence-electron chi connectivity index (χ3n) is 2.97. The number of nitrogens with one attached hydrogen (secondary N) is 1. The van der Waals surface area contributed by atoms with E-state index < -0.39 is 0 Å². The van der Waals surface area contributed by atoms with Crippen LogP contribution in [0.15, 0.2) is 24.3 Å². The normalized spacial score (nSPS) is 15.1. The summed E-state index contributed by atoms with van der Waals surface area (Å²) in [4.78, 5) is 2.26. The van der Waals surface area contributed by atoms with Crippen LogP contribution in [0.25, 0.3) is 0 Å². The monoisotopic (exact) mass is 222 g/mol. The quantitative estimate of drug-likeness (QED) is 0.795. The second-order valence-electron chi connectivity index (χ2n) is 4.28. The summed E-state index contributed by atoms with van der Waals surface area (Å²) in [5.41, 5.74) is 1.10. The zero-order chi connectivity index (χ0) is 11.4. The molecular formula is C13H19FN2. The van der Waals surface area contributed by atoms with Crippen LogP contribution in [-0.2, 0) is 0 Å². The lowest BCUT2D eigenvalue weighted by Crippen LogP contribution is -2.32. The van der Waals surface area contributed by atoms with Crippen molar-refractivity contribution in [2.24, 2.45) is 0 Å². The number of hydrogen-bond donors (Lipinski definition) is 1. The SMILES string of the molecule is CCN(CCNC1CC1)c1ccc(F)cc1. The number of likely N-dealkylation sites (N-methyl/N-ethyl adjacent to an activating group) is 1. The van der Waals surface area contributed by atoms with Gasteiger partial charge in [0.05, 0.1) is 0 Å². The predicted molar refractivity (Wildman–Crippen MR) is 65.3 cm³/mol. The van der Waals surface area contributed by atoms with Crippen molar-refractivity contribution in [1.82, 2.24) is 5.32 Å². The van der Waals surface area contributed by atoms with Crippen molar-refractivity contribution < 1.29 is 4.39 Å². The first-order valence-corrected chi connectivity index (χ1v) is 6.03. The van der Waals surface area contributed by atoms with Gasteiger partial charge in [0, 0.05) is 31.4 Å². The van der Waals surface area contributed by atoms with E-state index in [-0.39, 0.29) is 5.82 Å². The average molecular weight is 222 g/mol. The van der Waals surface area contributed by atoms with Crippen molar-refractivity contribution in [1.29, 1.82) is 0 Å². The Morgan fingerprint density at radius 1 is 1.31 bits per heavy atom. The minimum atomic E-state index is -0.170. The van der Waals surface area contributed by atoms with Gasteiger partial charge < -0.3 is 10.2 Å². The van der Waals surface area contributed by atoms with Gasteiger partial charge in [-0.15, -0.1) is 0 Å². The molecule has 88 valence electrons. The number of halogens is 1. The van der Waals surface area contributed by atoms with Crippen LogP contribution in [0.4, 0.5) is 10.1 Å². The molecule has 16 heavy (non-hydrogen) atoms. The van der Waals surface area contributed by atoms with Crippen molar-refractivity contribution in [3.8, 4) is 0 Å². The second kappa shape index (κ2) is 5.30. The van der Waals surface area contributed by atoms with E-state index in [0.717, 1.165) is 31.4 Å². The first kappa shape index (κ1) is 11.4. The van der Waals surface area contributed by atoms with Crippen LogP contribution in [0, 0.1) is 5.82 Å². The smallest absolute Gasteiger partial charge is 0.123 e. The fraction of sp³-hybridized carbons (Fsp3) is 0.538. The molecule has 0 amide bonds. The van der Waals surface area contributed by atoms with E-state index >= 15 is 0 Å². The van der Waals surface area contributed by atoms with Crippen LogP contribution >= 0.6 is 0 Å². The molecular weight excluding hydrogens is 203 g/mol. The average Bonchev–Trinajstić information content (AvgIpc) is 3.10. The van der Waals surface area contributed by atoms with E-state index in [1.54, 1.807) is 0 Å². The molecule has 0 spiro atoms. The Morgan fingerprint density at radius 3 is 2.56 bits per heavy atom. The predicted octanol–water partition coefficient (Wildman–Crippen LogP) is 2.40. The summed E-state index contributed by atoms with van der Waals surface area (Å²) in [5.74, 6) is -0.170. The summed E-state index contributed by atoms with van der Waals surface area (Å²) in [6, 6.07) is 7.48. The molecule has 0 unspecified atom stereocenters. The molecule has 0 saturated heterocycles. The molecule has 2 nitrogen and oxygen atoms in total. The van der Waals surface area contributed by atoms with Gasteiger partial charge in [-0.1, -0.05) is 0 Å². The van der Waals surface area contributed by atoms with Gasteiger partial charge in [0.1, 0.15) is 5.82 Å². The van der Waals surface area contributed by atoms with Crippen LogP contribution < -0.4 is 10.2 Å². The first-order chi connectivity index (χ1) is 7.79. The van der Waals surface area contributed by atoms with Crippen molar-refractivity contribution in [3.63, 3.8) is 0 Å². The molecule has 0 heterocycles. The fourth-order valence-corrected chi connectivity index (χ4v) is 1.81. The second-order valence-corrected chi connectivity index (χ2v) is 4.28. The molecule has 1 aromatic carbocycles. The maximum atomic E-state index is 12.8. The van der Waals surface area contributed by atoms with Crippen LogP contribution in [0.1, 0.15) is 19.8 Å². The van der Waals surface area contributed by atoms with Crippen LogP contribution in [-0.4, -0.2) is 25.7 Å². The summed E-state index contributed by atoms with van der Waals surface area (Å²) in [5, 5.41) is 3.49. The summed E-state index contributed by atoms with van der Waals surface area (Å²) in [6.07, 6.45) is 2.64. The largest absolute Gasteiger partial charge is 0.371 e. The molecule has 0 aliphatic heterocycles. The third-order valence-corrected chi connectivity index (χ3v) is 2.97. The Labute approximate surface area is 96.5 Å². The van der Waals surface area contributed by atoms with Crippen molar-refractivity contribution in [2.45, 2.75) is 25.8 Å². The van der Waals surface area contributed by atoms with Gasteiger partial charge in [0.15, 0.2) is 0 Å². The van der Waals surface area contributed by atoms with E-state index in [4.69, 9.17) is 0 Å². The first-order valence-electron chi connectivity index (χ1n) is 6.03. The van der Waals surface area contributed by atoms with Gasteiger partial charge in [-0.05, 0) is 44.0 Å². The van der Waals surface area contributed by atoms with Crippen LogP contribution in [0.3, 0.4) is 0 Å². The number of nitrogens with zero attached hydrogens (tertiary/aromatic N) is 1. The Hall–Kier alpha value is -1.09. The Bertz CT molecular complexity index is 319. The molecule has 1 fully saturated rings. The maximum Gasteiger partial charge on any atom is 0.123 e. The van der Waals surface area contributed by atoms with Crippen molar-refractivity contribution in [2.75, 3.05) is 24.5 Å². The molecule has 2 rings (SSSR count). The number of benzene rings is 1. The minimum Gasteiger partial charge on any atom is -0.371 e. The molecule has 0 bridgehead atoms. The van der Waals surface area contributed by atoms with E-state index in [2.05, 4.69) is 17.1 Å². The Morgan fingerprint density at radius 2 is 2.00 bits per heavy atom. The molecule has 1 N–H and O–H groups in total. The summed E-state index contributed by atoms with van der Waals surface area (Å²) in [6.45, 7) is 5.08. The summed E-state index contributed by atoms with van der Waals surface area (Å²) < 4.78 is 12.8. The van der Waals surface area contributed by atoms with E-state index in [9.17, 15) is 4.39 Å². The lowest BCUT2D eigenvalue weighted by molar-refractivity contribution is 0.626.